The zero-order chi connectivity index (χ0) is 9.35. The van der Waals surface area contributed by atoms with Gasteiger partial charge in [-0.2, -0.15) is 5.10 Å². The normalized spacial score (nSPS) is 11.8. The monoisotopic (exact) mass is 192 g/mol. The lowest BCUT2D eigenvalue weighted by atomic mass is 10.2. The molecule has 0 amide bonds. The maximum atomic E-state index is 12.7. The van der Waals surface area contributed by atoms with E-state index in [1.54, 1.807) is 6.92 Å². The molecule has 66 valence electrons. The van der Waals surface area contributed by atoms with Crippen LogP contribution in [0.25, 0.3) is 0 Å². The fourth-order valence-electron chi connectivity index (χ4n) is 0.782. The minimum Gasteiger partial charge on any atom is -0.202 e. The maximum absolute atomic E-state index is 12.7. The molecule has 2 nitrogen and oxygen atoms in total. The van der Waals surface area contributed by atoms with Gasteiger partial charge < -0.3 is 0 Å². The molecule has 0 bridgehead atoms. The number of rotatable bonds is 1. The minimum absolute atomic E-state index is 0.242. The van der Waals surface area contributed by atoms with E-state index < -0.39 is 5.92 Å². The standard InChI is InChI=1S/C7H7ClF2N2/c1-4-3-5(7(2,9)10)6(8)12-11-4/h3H,1-2H3. The number of aryl methyl sites for hydroxylation is 1. The van der Waals surface area contributed by atoms with Gasteiger partial charge >= 0.3 is 0 Å². The molecule has 1 aromatic heterocycles. The van der Waals surface area contributed by atoms with Gasteiger partial charge in [-0.3, -0.25) is 0 Å². The molecule has 0 saturated carbocycles. The number of hydrogen-bond donors (Lipinski definition) is 0. The minimum atomic E-state index is -2.96. The van der Waals surface area contributed by atoms with Crippen LogP contribution in [-0.4, -0.2) is 10.2 Å². The molecule has 0 aliphatic heterocycles. The van der Waals surface area contributed by atoms with Crippen molar-refractivity contribution in [2.24, 2.45) is 0 Å². The van der Waals surface area contributed by atoms with Gasteiger partial charge in [0.25, 0.3) is 5.92 Å². The third kappa shape index (κ3) is 1.88. The Morgan fingerprint density at radius 1 is 1.42 bits per heavy atom. The van der Waals surface area contributed by atoms with Gasteiger partial charge in [-0.1, -0.05) is 11.6 Å². The molecule has 0 saturated heterocycles. The van der Waals surface area contributed by atoms with Crippen LogP contribution in [0.2, 0.25) is 5.15 Å². The van der Waals surface area contributed by atoms with Crippen LogP contribution in [0.4, 0.5) is 8.78 Å². The Kier molecular flexibility index (Phi) is 2.28. The predicted octanol–water partition coefficient (Wildman–Crippen LogP) is 2.55. The average Bonchev–Trinajstić information content (AvgIpc) is 1.92. The Morgan fingerprint density at radius 2 is 2.00 bits per heavy atom. The molecule has 0 atom stereocenters. The summed E-state index contributed by atoms with van der Waals surface area (Å²) in [6.45, 7) is 2.36. The number of aromatic nitrogens is 2. The molecule has 0 spiro atoms. The van der Waals surface area contributed by atoms with Crippen LogP contribution >= 0.6 is 11.6 Å². The van der Waals surface area contributed by atoms with E-state index in [2.05, 4.69) is 10.2 Å². The lowest BCUT2D eigenvalue weighted by Gasteiger charge is -2.10. The van der Waals surface area contributed by atoms with Gasteiger partial charge in [-0.15, -0.1) is 5.10 Å². The predicted molar refractivity (Wildman–Crippen MR) is 41.3 cm³/mol. The highest BCUT2D eigenvalue weighted by atomic mass is 35.5. The van der Waals surface area contributed by atoms with Crippen molar-refractivity contribution in [3.05, 3.63) is 22.5 Å². The van der Waals surface area contributed by atoms with Crippen molar-refractivity contribution in [3.8, 4) is 0 Å². The zero-order valence-corrected chi connectivity index (χ0v) is 7.36. The van der Waals surface area contributed by atoms with Gasteiger partial charge in [0.15, 0.2) is 5.15 Å². The lowest BCUT2D eigenvalue weighted by molar-refractivity contribution is 0.0170. The van der Waals surface area contributed by atoms with E-state index in [1.165, 1.54) is 6.07 Å². The molecular weight excluding hydrogens is 186 g/mol. The first kappa shape index (κ1) is 9.32. The molecule has 0 aliphatic rings. The van der Waals surface area contributed by atoms with E-state index in [0.717, 1.165) is 6.92 Å². The third-order valence-electron chi connectivity index (χ3n) is 1.34. The summed E-state index contributed by atoms with van der Waals surface area (Å²) in [5, 5.41) is 6.68. The van der Waals surface area contributed by atoms with Crippen molar-refractivity contribution < 1.29 is 8.78 Å². The van der Waals surface area contributed by atoms with Gasteiger partial charge in [0, 0.05) is 6.92 Å². The molecule has 5 heteroatoms. The quantitative estimate of drug-likeness (QED) is 0.684. The van der Waals surface area contributed by atoms with Crippen molar-refractivity contribution in [3.63, 3.8) is 0 Å². The second kappa shape index (κ2) is 2.94. The van der Waals surface area contributed by atoms with Crippen molar-refractivity contribution >= 4 is 11.6 Å². The highest BCUT2D eigenvalue weighted by Crippen LogP contribution is 2.31. The second-order valence-corrected chi connectivity index (χ2v) is 2.94. The van der Waals surface area contributed by atoms with E-state index >= 15 is 0 Å². The van der Waals surface area contributed by atoms with E-state index in [-0.39, 0.29) is 10.7 Å². The summed E-state index contributed by atoms with van der Waals surface area (Å²) in [4.78, 5) is 0. The van der Waals surface area contributed by atoms with E-state index in [4.69, 9.17) is 11.6 Å². The van der Waals surface area contributed by atoms with Crippen molar-refractivity contribution in [1.82, 2.24) is 10.2 Å². The van der Waals surface area contributed by atoms with Crippen molar-refractivity contribution in [2.45, 2.75) is 19.8 Å². The number of alkyl halides is 2. The highest BCUT2D eigenvalue weighted by molar-refractivity contribution is 6.30. The van der Waals surface area contributed by atoms with Gasteiger partial charge in [-0.25, -0.2) is 8.78 Å². The second-order valence-electron chi connectivity index (χ2n) is 2.58. The molecule has 0 unspecified atom stereocenters. The zero-order valence-electron chi connectivity index (χ0n) is 6.61. The van der Waals surface area contributed by atoms with Gasteiger partial charge in [-0.05, 0) is 13.0 Å². The molecule has 0 aliphatic carbocycles. The van der Waals surface area contributed by atoms with E-state index in [0.29, 0.717) is 5.69 Å². The van der Waals surface area contributed by atoms with Gasteiger partial charge in [0.2, 0.25) is 0 Å². The molecule has 1 aromatic rings. The Balaban J connectivity index is 3.23. The van der Waals surface area contributed by atoms with Gasteiger partial charge in [0.05, 0.1) is 11.3 Å². The van der Waals surface area contributed by atoms with Crippen LogP contribution < -0.4 is 0 Å². The Labute approximate surface area is 73.6 Å². The lowest BCUT2D eigenvalue weighted by Crippen LogP contribution is -2.10. The van der Waals surface area contributed by atoms with E-state index in [9.17, 15) is 8.78 Å². The molecule has 0 N–H and O–H groups in total. The molecular formula is C7H7ClF2N2. The summed E-state index contributed by atoms with van der Waals surface area (Å²) in [5.74, 6) is -2.96. The summed E-state index contributed by atoms with van der Waals surface area (Å²) in [7, 11) is 0. The summed E-state index contributed by atoms with van der Waals surface area (Å²) in [5.41, 5.74) is 0.146. The SMILES string of the molecule is Cc1cc(C(C)(F)F)c(Cl)nn1. The van der Waals surface area contributed by atoms with Crippen LogP contribution in [0.1, 0.15) is 18.2 Å². The molecule has 0 aromatic carbocycles. The topological polar surface area (TPSA) is 25.8 Å². The van der Waals surface area contributed by atoms with Crippen LogP contribution in [0.15, 0.2) is 6.07 Å². The Morgan fingerprint density at radius 3 is 2.42 bits per heavy atom. The Hall–Kier alpha value is -0.770. The van der Waals surface area contributed by atoms with Crippen molar-refractivity contribution in [2.75, 3.05) is 0 Å². The smallest absolute Gasteiger partial charge is 0.202 e. The largest absolute Gasteiger partial charge is 0.273 e. The van der Waals surface area contributed by atoms with E-state index in [1.807, 2.05) is 0 Å². The first-order valence-corrected chi connectivity index (χ1v) is 3.67. The third-order valence-corrected chi connectivity index (χ3v) is 1.62. The van der Waals surface area contributed by atoms with Crippen LogP contribution in [-0.2, 0) is 5.92 Å². The molecule has 0 radical (unpaired) electrons. The molecule has 0 fully saturated rings. The molecule has 12 heavy (non-hydrogen) atoms. The van der Waals surface area contributed by atoms with Crippen LogP contribution in [0.5, 0.6) is 0 Å². The average molecular weight is 193 g/mol. The fraction of sp³-hybridized carbons (Fsp3) is 0.429. The summed E-state index contributed by atoms with van der Waals surface area (Å²) < 4.78 is 25.5. The molecule has 1 rings (SSSR count). The fourth-order valence-corrected chi connectivity index (χ4v) is 1.04. The van der Waals surface area contributed by atoms with Crippen LogP contribution in [0.3, 0.4) is 0 Å². The van der Waals surface area contributed by atoms with Crippen molar-refractivity contribution in [1.29, 1.82) is 0 Å². The van der Waals surface area contributed by atoms with Crippen LogP contribution in [0, 0.1) is 6.92 Å². The summed E-state index contributed by atoms with van der Waals surface area (Å²) in [6.07, 6.45) is 0. The summed E-state index contributed by atoms with van der Waals surface area (Å²) in [6, 6.07) is 1.23. The maximum Gasteiger partial charge on any atom is 0.273 e. The number of halogens is 3. The Bertz CT molecular complexity index is 296. The summed E-state index contributed by atoms with van der Waals surface area (Å²) >= 11 is 5.43. The number of hydrogen-bond acceptors (Lipinski definition) is 2. The molecule has 1 heterocycles. The number of nitrogens with zero attached hydrogens (tertiary/aromatic N) is 2. The first-order valence-electron chi connectivity index (χ1n) is 3.29. The first-order chi connectivity index (χ1) is 5.41. The highest BCUT2D eigenvalue weighted by Gasteiger charge is 2.28. The van der Waals surface area contributed by atoms with Gasteiger partial charge in [0.1, 0.15) is 0 Å².